The third kappa shape index (κ3) is 4.85. The molecule has 0 radical (unpaired) electrons. The van der Waals surface area contributed by atoms with Crippen molar-refractivity contribution in [1.29, 1.82) is 0 Å². The summed E-state index contributed by atoms with van der Waals surface area (Å²) in [5, 5.41) is 5.47. The van der Waals surface area contributed by atoms with Crippen molar-refractivity contribution >= 4 is 17.5 Å². The molecular formula is C21H24N2O3. The summed E-state index contributed by atoms with van der Waals surface area (Å²) in [5.41, 5.74) is 3.96. The van der Waals surface area contributed by atoms with Gasteiger partial charge in [0.05, 0.1) is 6.54 Å². The number of carbonyl (C=O) groups excluding carboxylic acids is 2. The molecule has 136 valence electrons. The zero-order valence-electron chi connectivity index (χ0n) is 15.0. The lowest BCUT2D eigenvalue weighted by molar-refractivity contribution is 0.101. The number of nitrogens with one attached hydrogen (secondary N) is 2. The monoisotopic (exact) mass is 352 g/mol. The fraction of sp³-hybridized carbons (Fsp3) is 0.333. The van der Waals surface area contributed by atoms with Crippen molar-refractivity contribution in [3.8, 4) is 5.75 Å². The van der Waals surface area contributed by atoms with Crippen molar-refractivity contribution in [3.63, 3.8) is 0 Å². The zero-order chi connectivity index (χ0) is 18.4. The molecule has 0 fully saturated rings. The first-order valence-electron chi connectivity index (χ1n) is 9.02. The van der Waals surface area contributed by atoms with E-state index < -0.39 is 0 Å². The maximum atomic E-state index is 11.9. The molecule has 0 atom stereocenters. The molecule has 5 nitrogen and oxygen atoms in total. The summed E-state index contributed by atoms with van der Waals surface area (Å²) in [6, 6.07) is 12.8. The maximum Gasteiger partial charge on any atom is 0.319 e. The quantitative estimate of drug-likeness (QED) is 0.611. The van der Waals surface area contributed by atoms with Gasteiger partial charge in [-0.1, -0.05) is 18.2 Å². The molecular weight excluding hydrogens is 328 g/mol. The molecule has 2 amide bonds. The number of hydrogen-bond acceptors (Lipinski definition) is 3. The van der Waals surface area contributed by atoms with Gasteiger partial charge in [0.25, 0.3) is 0 Å². The van der Waals surface area contributed by atoms with Crippen molar-refractivity contribution in [2.24, 2.45) is 0 Å². The standard InChI is InChI=1S/C21H24N2O3/c1-15(24)17-7-4-8-19(13-17)23-21(25)22-11-12-26-20-10-9-16-5-2-3-6-18(16)14-20/h4,7-10,13-14H,2-3,5-6,11-12H2,1H3,(H2,22,23,25). The summed E-state index contributed by atoms with van der Waals surface area (Å²) < 4.78 is 5.74. The Labute approximate surface area is 153 Å². The van der Waals surface area contributed by atoms with E-state index in [-0.39, 0.29) is 11.8 Å². The largest absolute Gasteiger partial charge is 0.492 e. The van der Waals surface area contributed by atoms with Gasteiger partial charge in [-0.3, -0.25) is 4.79 Å². The van der Waals surface area contributed by atoms with Crippen LogP contribution in [0.15, 0.2) is 42.5 Å². The summed E-state index contributed by atoms with van der Waals surface area (Å²) >= 11 is 0. The lowest BCUT2D eigenvalue weighted by Gasteiger charge is -2.17. The Bertz CT molecular complexity index is 802. The summed E-state index contributed by atoms with van der Waals surface area (Å²) in [6.07, 6.45) is 4.78. The van der Waals surface area contributed by atoms with E-state index in [0.29, 0.717) is 24.4 Å². The van der Waals surface area contributed by atoms with Gasteiger partial charge in [-0.05, 0) is 68.0 Å². The average Bonchev–Trinajstić information content (AvgIpc) is 2.65. The SMILES string of the molecule is CC(=O)c1cccc(NC(=O)NCCOc2ccc3c(c2)CCCC3)c1. The minimum atomic E-state index is -0.320. The fourth-order valence-corrected chi connectivity index (χ4v) is 3.12. The lowest BCUT2D eigenvalue weighted by atomic mass is 9.92. The smallest absolute Gasteiger partial charge is 0.319 e. The number of anilines is 1. The number of fused-ring (bicyclic) bond motifs is 1. The van der Waals surface area contributed by atoms with Crippen LogP contribution in [0.4, 0.5) is 10.5 Å². The molecule has 0 unspecified atom stereocenters. The van der Waals surface area contributed by atoms with Gasteiger partial charge in [0.15, 0.2) is 5.78 Å². The first-order valence-corrected chi connectivity index (χ1v) is 9.02. The number of aryl methyl sites for hydroxylation is 2. The highest BCUT2D eigenvalue weighted by atomic mass is 16.5. The van der Waals surface area contributed by atoms with Crippen LogP contribution >= 0.6 is 0 Å². The number of ketones is 1. The van der Waals surface area contributed by atoms with Crippen molar-refractivity contribution in [2.75, 3.05) is 18.5 Å². The van der Waals surface area contributed by atoms with Crippen molar-refractivity contribution in [2.45, 2.75) is 32.6 Å². The van der Waals surface area contributed by atoms with Crippen LogP contribution in [0.3, 0.4) is 0 Å². The van der Waals surface area contributed by atoms with Gasteiger partial charge in [-0.25, -0.2) is 4.79 Å². The van der Waals surface area contributed by atoms with E-state index in [1.807, 2.05) is 6.07 Å². The van der Waals surface area contributed by atoms with Gasteiger partial charge in [0.1, 0.15) is 12.4 Å². The molecule has 0 aliphatic heterocycles. The highest BCUT2D eigenvalue weighted by Crippen LogP contribution is 2.25. The van der Waals surface area contributed by atoms with Crippen LogP contribution in [0, 0.1) is 0 Å². The number of urea groups is 1. The predicted molar refractivity (Wildman–Crippen MR) is 102 cm³/mol. The van der Waals surface area contributed by atoms with Crippen molar-refractivity contribution in [3.05, 3.63) is 59.2 Å². The van der Waals surface area contributed by atoms with Crippen molar-refractivity contribution < 1.29 is 14.3 Å². The van der Waals surface area contributed by atoms with E-state index in [1.54, 1.807) is 24.3 Å². The Balaban J connectivity index is 1.43. The number of carbonyl (C=O) groups is 2. The molecule has 5 heteroatoms. The van der Waals surface area contributed by atoms with Gasteiger partial charge in [-0.15, -0.1) is 0 Å². The second-order valence-electron chi connectivity index (χ2n) is 6.50. The predicted octanol–water partition coefficient (Wildman–Crippen LogP) is 3.97. The number of Topliss-reactive ketones (excluding diaryl/α,β-unsaturated/α-hetero) is 1. The van der Waals surface area contributed by atoms with E-state index in [1.165, 1.54) is 30.9 Å². The second-order valence-corrected chi connectivity index (χ2v) is 6.50. The summed E-state index contributed by atoms with van der Waals surface area (Å²) in [7, 11) is 0. The molecule has 3 rings (SSSR count). The van der Waals surface area contributed by atoms with E-state index in [2.05, 4.69) is 22.8 Å². The second kappa shape index (κ2) is 8.52. The Morgan fingerprint density at radius 1 is 1.04 bits per heavy atom. The first kappa shape index (κ1) is 18.0. The lowest BCUT2D eigenvalue weighted by Crippen LogP contribution is -2.32. The Hall–Kier alpha value is -2.82. The Morgan fingerprint density at radius 3 is 2.65 bits per heavy atom. The number of benzene rings is 2. The molecule has 0 aromatic heterocycles. The molecule has 2 aromatic carbocycles. The highest BCUT2D eigenvalue weighted by Gasteiger charge is 2.10. The van der Waals surface area contributed by atoms with E-state index in [9.17, 15) is 9.59 Å². The topological polar surface area (TPSA) is 67.4 Å². The molecule has 0 bridgehead atoms. The maximum absolute atomic E-state index is 11.9. The Morgan fingerprint density at radius 2 is 1.85 bits per heavy atom. The van der Waals surface area contributed by atoms with Crippen LogP contribution in [0.2, 0.25) is 0 Å². The minimum absolute atomic E-state index is 0.0347. The van der Waals surface area contributed by atoms with E-state index in [0.717, 1.165) is 18.6 Å². The molecule has 0 saturated carbocycles. The molecule has 2 N–H and O–H groups in total. The van der Waals surface area contributed by atoms with Gasteiger partial charge >= 0.3 is 6.03 Å². The Kier molecular flexibility index (Phi) is 5.89. The first-order chi connectivity index (χ1) is 12.6. The average molecular weight is 352 g/mol. The van der Waals surface area contributed by atoms with Gasteiger partial charge < -0.3 is 15.4 Å². The van der Waals surface area contributed by atoms with Crippen LogP contribution in [0.5, 0.6) is 5.75 Å². The summed E-state index contributed by atoms with van der Waals surface area (Å²) in [6.45, 7) is 2.30. The van der Waals surface area contributed by atoms with E-state index in [4.69, 9.17) is 4.74 Å². The van der Waals surface area contributed by atoms with Crippen molar-refractivity contribution in [1.82, 2.24) is 5.32 Å². The molecule has 26 heavy (non-hydrogen) atoms. The molecule has 1 aliphatic rings. The minimum Gasteiger partial charge on any atom is -0.492 e. The number of ether oxygens (including phenoxy) is 1. The van der Waals surface area contributed by atoms with Crippen LogP contribution in [-0.2, 0) is 12.8 Å². The number of hydrogen-bond donors (Lipinski definition) is 2. The van der Waals surface area contributed by atoms with Crippen LogP contribution in [0.1, 0.15) is 41.3 Å². The van der Waals surface area contributed by atoms with Crippen LogP contribution in [-0.4, -0.2) is 25.0 Å². The third-order valence-corrected chi connectivity index (χ3v) is 4.50. The normalized spacial score (nSPS) is 12.8. The molecule has 0 saturated heterocycles. The highest BCUT2D eigenvalue weighted by molar-refractivity contribution is 5.96. The zero-order valence-corrected chi connectivity index (χ0v) is 15.0. The summed E-state index contributed by atoms with van der Waals surface area (Å²) in [5.74, 6) is 0.814. The molecule has 0 spiro atoms. The van der Waals surface area contributed by atoms with Gasteiger partial charge in [0.2, 0.25) is 0 Å². The summed E-state index contributed by atoms with van der Waals surface area (Å²) in [4.78, 5) is 23.3. The molecule has 1 aliphatic carbocycles. The van der Waals surface area contributed by atoms with E-state index >= 15 is 0 Å². The molecule has 0 heterocycles. The fourth-order valence-electron chi connectivity index (χ4n) is 3.12. The van der Waals surface area contributed by atoms with Crippen LogP contribution < -0.4 is 15.4 Å². The molecule has 2 aromatic rings. The van der Waals surface area contributed by atoms with Gasteiger partial charge in [-0.2, -0.15) is 0 Å². The number of rotatable bonds is 6. The van der Waals surface area contributed by atoms with Crippen LogP contribution in [0.25, 0.3) is 0 Å². The number of amides is 2. The van der Waals surface area contributed by atoms with Gasteiger partial charge in [0, 0.05) is 11.3 Å². The third-order valence-electron chi connectivity index (χ3n) is 4.50.